The van der Waals surface area contributed by atoms with Crippen molar-refractivity contribution in [1.82, 2.24) is 0 Å². The van der Waals surface area contributed by atoms with E-state index in [4.69, 9.17) is 4.74 Å². The Hall–Kier alpha value is -0.570. The van der Waals surface area contributed by atoms with E-state index in [1.165, 1.54) is 12.8 Å². The van der Waals surface area contributed by atoms with Crippen LogP contribution in [0.25, 0.3) is 0 Å². The highest BCUT2D eigenvalue weighted by Crippen LogP contribution is 2.45. The van der Waals surface area contributed by atoms with E-state index in [9.17, 15) is 9.90 Å². The van der Waals surface area contributed by atoms with Gasteiger partial charge < -0.3 is 9.84 Å². The summed E-state index contributed by atoms with van der Waals surface area (Å²) in [7, 11) is 1.65. The zero-order valence-corrected chi connectivity index (χ0v) is 11.4. The molecule has 1 rings (SSSR count). The molecule has 100 valence electrons. The predicted molar refractivity (Wildman–Crippen MR) is 68.0 cm³/mol. The molecule has 0 aromatic heterocycles. The number of carboxylic acid groups (broad SMARTS) is 1. The van der Waals surface area contributed by atoms with Gasteiger partial charge in [0, 0.05) is 13.7 Å². The summed E-state index contributed by atoms with van der Waals surface area (Å²) < 4.78 is 5.14. The topological polar surface area (TPSA) is 46.5 Å². The van der Waals surface area contributed by atoms with Crippen LogP contribution in [0.5, 0.6) is 0 Å². The lowest BCUT2D eigenvalue weighted by molar-refractivity contribution is -0.157. The van der Waals surface area contributed by atoms with Crippen molar-refractivity contribution in [2.75, 3.05) is 13.7 Å². The minimum absolute atomic E-state index is 0.104. The standard InChI is InChI=1S/C14H26O3/c1-4-5-12-6-8-14(9-7-12,13(15)16)11(2)10-17-3/h11-12H,4-10H2,1-3H3,(H,15,16). The Labute approximate surface area is 105 Å². The van der Waals surface area contributed by atoms with Crippen LogP contribution in [-0.4, -0.2) is 24.8 Å². The first kappa shape index (κ1) is 14.5. The summed E-state index contributed by atoms with van der Waals surface area (Å²) in [5.74, 6) is 0.215. The first-order valence-corrected chi connectivity index (χ1v) is 6.79. The summed E-state index contributed by atoms with van der Waals surface area (Å²) in [6, 6.07) is 0. The minimum Gasteiger partial charge on any atom is -0.481 e. The van der Waals surface area contributed by atoms with E-state index in [0.29, 0.717) is 6.61 Å². The molecule has 0 bridgehead atoms. The molecule has 3 heteroatoms. The van der Waals surface area contributed by atoms with Crippen LogP contribution in [0.15, 0.2) is 0 Å². The molecule has 0 aliphatic heterocycles. The summed E-state index contributed by atoms with van der Waals surface area (Å²) >= 11 is 0. The predicted octanol–water partition coefficient (Wildman–Crippen LogP) is 3.33. The molecular formula is C14H26O3. The molecular weight excluding hydrogens is 216 g/mol. The molecule has 0 amide bonds. The molecule has 3 nitrogen and oxygen atoms in total. The van der Waals surface area contributed by atoms with Gasteiger partial charge in [-0.1, -0.05) is 26.7 Å². The molecule has 1 fully saturated rings. The van der Waals surface area contributed by atoms with Gasteiger partial charge in [-0.15, -0.1) is 0 Å². The Bertz CT molecular complexity index is 242. The Balaban J connectivity index is 2.66. The van der Waals surface area contributed by atoms with Crippen molar-refractivity contribution in [3.05, 3.63) is 0 Å². The molecule has 0 aromatic rings. The van der Waals surface area contributed by atoms with E-state index in [-0.39, 0.29) is 5.92 Å². The third-order valence-corrected chi connectivity index (χ3v) is 4.48. The third-order valence-electron chi connectivity index (χ3n) is 4.48. The van der Waals surface area contributed by atoms with Gasteiger partial charge >= 0.3 is 5.97 Å². The van der Waals surface area contributed by atoms with Gasteiger partial charge in [0.2, 0.25) is 0 Å². The first-order valence-electron chi connectivity index (χ1n) is 6.79. The van der Waals surface area contributed by atoms with Crippen LogP contribution >= 0.6 is 0 Å². The second-order valence-electron chi connectivity index (χ2n) is 5.55. The summed E-state index contributed by atoms with van der Waals surface area (Å²) in [4.78, 5) is 11.6. The fourth-order valence-electron chi connectivity index (χ4n) is 3.22. The fraction of sp³-hybridized carbons (Fsp3) is 0.929. The summed E-state index contributed by atoms with van der Waals surface area (Å²) in [5, 5.41) is 9.55. The zero-order valence-electron chi connectivity index (χ0n) is 11.4. The van der Waals surface area contributed by atoms with E-state index in [1.807, 2.05) is 6.92 Å². The van der Waals surface area contributed by atoms with Crippen molar-refractivity contribution in [2.24, 2.45) is 17.3 Å². The summed E-state index contributed by atoms with van der Waals surface area (Å²) in [5.41, 5.74) is -0.541. The number of methoxy groups -OCH3 is 1. The van der Waals surface area contributed by atoms with Crippen LogP contribution in [0.1, 0.15) is 52.4 Å². The summed E-state index contributed by atoms with van der Waals surface area (Å²) in [6.45, 7) is 4.76. The molecule has 0 spiro atoms. The molecule has 1 aliphatic rings. The van der Waals surface area contributed by atoms with Crippen LogP contribution in [0, 0.1) is 17.3 Å². The lowest BCUT2D eigenvalue weighted by atomic mass is 9.63. The lowest BCUT2D eigenvalue weighted by Gasteiger charge is -2.40. The first-order chi connectivity index (χ1) is 8.06. The van der Waals surface area contributed by atoms with Crippen LogP contribution in [-0.2, 0) is 9.53 Å². The fourth-order valence-corrected chi connectivity index (χ4v) is 3.22. The van der Waals surface area contributed by atoms with Gasteiger partial charge in [0.1, 0.15) is 0 Å². The quantitative estimate of drug-likeness (QED) is 0.777. The number of carbonyl (C=O) groups is 1. The van der Waals surface area contributed by atoms with Gasteiger partial charge in [-0.25, -0.2) is 0 Å². The van der Waals surface area contributed by atoms with Crippen LogP contribution < -0.4 is 0 Å². The number of aliphatic carboxylic acids is 1. The SMILES string of the molecule is CCCC1CCC(C(=O)O)(C(C)COC)CC1. The van der Waals surface area contributed by atoms with E-state index >= 15 is 0 Å². The smallest absolute Gasteiger partial charge is 0.309 e. The average Bonchev–Trinajstić information content (AvgIpc) is 2.30. The van der Waals surface area contributed by atoms with Crippen LogP contribution in [0.3, 0.4) is 0 Å². The number of hydrogen-bond acceptors (Lipinski definition) is 2. The highest BCUT2D eigenvalue weighted by molar-refractivity contribution is 5.75. The molecule has 1 N–H and O–H groups in total. The lowest BCUT2D eigenvalue weighted by Crippen LogP contribution is -2.42. The zero-order chi connectivity index (χ0) is 12.9. The van der Waals surface area contributed by atoms with E-state index in [1.54, 1.807) is 7.11 Å². The molecule has 0 heterocycles. The molecule has 1 saturated carbocycles. The molecule has 0 saturated heterocycles. The number of ether oxygens (including phenoxy) is 1. The maximum atomic E-state index is 11.6. The third kappa shape index (κ3) is 3.21. The van der Waals surface area contributed by atoms with E-state index in [0.717, 1.165) is 31.6 Å². The number of hydrogen-bond donors (Lipinski definition) is 1. The highest BCUT2D eigenvalue weighted by atomic mass is 16.5. The maximum absolute atomic E-state index is 11.6. The van der Waals surface area contributed by atoms with Crippen molar-refractivity contribution >= 4 is 5.97 Å². The van der Waals surface area contributed by atoms with Gasteiger partial charge in [0.05, 0.1) is 5.41 Å². The van der Waals surface area contributed by atoms with Crippen molar-refractivity contribution in [3.8, 4) is 0 Å². The second kappa shape index (κ2) is 6.39. The van der Waals surface area contributed by atoms with Gasteiger partial charge in [0.25, 0.3) is 0 Å². The highest BCUT2D eigenvalue weighted by Gasteiger charge is 2.45. The van der Waals surface area contributed by atoms with Crippen molar-refractivity contribution in [2.45, 2.75) is 52.4 Å². The maximum Gasteiger partial charge on any atom is 0.309 e. The Kier molecular flexibility index (Phi) is 5.44. The largest absolute Gasteiger partial charge is 0.481 e. The van der Waals surface area contributed by atoms with Gasteiger partial charge in [-0.2, -0.15) is 0 Å². The molecule has 1 aliphatic carbocycles. The monoisotopic (exact) mass is 242 g/mol. The van der Waals surface area contributed by atoms with E-state index in [2.05, 4.69) is 6.92 Å². The minimum atomic E-state index is -0.628. The van der Waals surface area contributed by atoms with Crippen molar-refractivity contribution in [1.29, 1.82) is 0 Å². The molecule has 17 heavy (non-hydrogen) atoms. The molecule has 0 radical (unpaired) electrons. The number of carboxylic acids is 1. The van der Waals surface area contributed by atoms with Gasteiger partial charge in [0.15, 0.2) is 0 Å². The van der Waals surface area contributed by atoms with Crippen LogP contribution in [0.4, 0.5) is 0 Å². The Morgan fingerprint density at radius 1 is 1.47 bits per heavy atom. The van der Waals surface area contributed by atoms with E-state index < -0.39 is 11.4 Å². The molecule has 0 aromatic carbocycles. The Morgan fingerprint density at radius 2 is 2.06 bits per heavy atom. The van der Waals surface area contributed by atoms with Crippen LogP contribution in [0.2, 0.25) is 0 Å². The molecule has 1 unspecified atom stereocenters. The van der Waals surface area contributed by atoms with Crippen molar-refractivity contribution < 1.29 is 14.6 Å². The van der Waals surface area contributed by atoms with Crippen molar-refractivity contribution in [3.63, 3.8) is 0 Å². The van der Waals surface area contributed by atoms with Gasteiger partial charge in [-0.05, 0) is 37.5 Å². The second-order valence-corrected chi connectivity index (χ2v) is 5.55. The normalized spacial score (nSPS) is 31.1. The molecule has 1 atom stereocenters. The number of rotatable bonds is 6. The average molecular weight is 242 g/mol. The van der Waals surface area contributed by atoms with Gasteiger partial charge in [-0.3, -0.25) is 4.79 Å². The Morgan fingerprint density at radius 3 is 2.47 bits per heavy atom. The summed E-state index contributed by atoms with van der Waals surface area (Å²) in [6.07, 6.45) is 6.21.